The van der Waals surface area contributed by atoms with Crippen LogP contribution in [0.1, 0.15) is 25.1 Å². The first-order valence-electron chi connectivity index (χ1n) is 7.19. The highest BCUT2D eigenvalue weighted by Crippen LogP contribution is 2.27. The van der Waals surface area contributed by atoms with Crippen molar-refractivity contribution < 1.29 is 9.53 Å². The third-order valence-electron chi connectivity index (χ3n) is 3.87. The second-order valence-electron chi connectivity index (χ2n) is 5.27. The van der Waals surface area contributed by atoms with Gasteiger partial charge in [-0.25, -0.2) is 4.98 Å². The number of amides is 1. The minimum atomic E-state index is -0.0748. The Morgan fingerprint density at radius 2 is 2.10 bits per heavy atom. The molecule has 3 rings (SSSR count). The Morgan fingerprint density at radius 3 is 2.80 bits per heavy atom. The van der Waals surface area contributed by atoms with Crippen molar-refractivity contribution in [1.82, 2.24) is 14.3 Å². The van der Waals surface area contributed by atoms with Crippen molar-refractivity contribution in [1.29, 1.82) is 0 Å². The number of hydrogen-bond acceptors (Lipinski definition) is 6. The van der Waals surface area contributed by atoms with E-state index in [1.807, 2.05) is 11.8 Å². The summed E-state index contributed by atoms with van der Waals surface area (Å²) in [4.78, 5) is 21.3. The van der Waals surface area contributed by atoms with Gasteiger partial charge in [-0.3, -0.25) is 4.79 Å². The van der Waals surface area contributed by atoms with Gasteiger partial charge in [-0.1, -0.05) is 0 Å². The molecule has 0 bridgehead atoms. The molecule has 0 aromatic carbocycles. The van der Waals surface area contributed by atoms with E-state index in [0.717, 1.165) is 36.8 Å². The van der Waals surface area contributed by atoms with Gasteiger partial charge < -0.3 is 14.5 Å². The Morgan fingerprint density at radius 1 is 1.30 bits per heavy atom. The number of carbonyl (C=O) groups is 1. The van der Waals surface area contributed by atoms with Crippen molar-refractivity contribution in [2.75, 3.05) is 37.7 Å². The lowest BCUT2D eigenvalue weighted by atomic mass is 10.0. The summed E-state index contributed by atoms with van der Waals surface area (Å²) in [7, 11) is 0. The fourth-order valence-electron chi connectivity index (χ4n) is 2.81. The van der Waals surface area contributed by atoms with Crippen LogP contribution in [-0.4, -0.2) is 59.1 Å². The lowest BCUT2D eigenvalue weighted by Gasteiger charge is -2.38. The average molecular weight is 296 g/mol. The molecule has 3 heterocycles. The van der Waals surface area contributed by atoms with Crippen LogP contribution in [0, 0.1) is 6.92 Å². The van der Waals surface area contributed by atoms with Crippen LogP contribution in [0.5, 0.6) is 0 Å². The minimum absolute atomic E-state index is 0.0748. The number of aryl methyl sites for hydroxylation is 1. The minimum Gasteiger partial charge on any atom is -0.378 e. The fraction of sp³-hybridized carbons (Fsp3) is 0.769. The van der Waals surface area contributed by atoms with Crippen molar-refractivity contribution in [2.45, 2.75) is 32.2 Å². The van der Waals surface area contributed by atoms with Crippen LogP contribution in [0.15, 0.2) is 0 Å². The quantitative estimate of drug-likeness (QED) is 0.817. The number of rotatable bonds is 2. The molecule has 7 heteroatoms. The normalized spacial score (nSPS) is 23.9. The number of carbonyl (C=O) groups excluding carboxylic acids is 1. The zero-order valence-corrected chi connectivity index (χ0v) is 12.6. The predicted octanol–water partition coefficient (Wildman–Crippen LogP) is 1.06. The molecular weight excluding hydrogens is 276 g/mol. The summed E-state index contributed by atoms with van der Waals surface area (Å²) in [5, 5.41) is 0.883. The first-order chi connectivity index (χ1) is 9.75. The Bertz CT molecular complexity index is 473. The summed E-state index contributed by atoms with van der Waals surface area (Å²) in [6.45, 7) is 5.50. The summed E-state index contributed by atoms with van der Waals surface area (Å²) in [6, 6.07) is -0.0748. The molecule has 2 aliphatic rings. The van der Waals surface area contributed by atoms with Crippen LogP contribution in [0.4, 0.5) is 5.13 Å². The highest BCUT2D eigenvalue weighted by Gasteiger charge is 2.34. The van der Waals surface area contributed by atoms with E-state index in [-0.39, 0.29) is 11.9 Å². The van der Waals surface area contributed by atoms with Crippen LogP contribution in [0.25, 0.3) is 0 Å². The molecule has 1 amide bonds. The van der Waals surface area contributed by atoms with Crippen LogP contribution in [0.2, 0.25) is 0 Å². The van der Waals surface area contributed by atoms with Crippen molar-refractivity contribution in [2.24, 2.45) is 0 Å². The second kappa shape index (κ2) is 6.05. The molecular formula is C13H20N4O2S. The number of morpholine rings is 1. The molecule has 1 unspecified atom stereocenters. The maximum Gasteiger partial charge on any atom is 0.245 e. The van der Waals surface area contributed by atoms with Gasteiger partial charge in [0.1, 0.15) is 11.9 Å². The fourth-order valence-corrected chi connectivity index (χ4v) is 3.57. The average Bonchev–Trinajstić information content (AvgIpc) is 2.94. The molecule has 20 heavy (non-hydrogen) atoms. The smallest absolute Gasteiger partial charge is 0.245 e. The molecule has 0 radical (unpaired) electrons. The lowest BCUT2D eigenvalue weighted by Crippen LogP contribution is -2.53. The van der Waals surface area contributed by atoms with Crippen LogP contribution >= 0.6 is 11.5 Å². The highest BCUT2D eigenvalue weighted by molar-refractivity contribution is 7.09. The number of piperidine rings is 1. The molecule has 110 valence electrons. The maximum absolute atomic E-state index is 12.7. The van der Waals surface area contributed by atoms with Crippen LogP contribution in [0.3, 0.4) is 0 Å². The van der Waals surface area contributed by atoms with Gasteiger partial charge in [-0.2, -0.15) is 4.37 Å². The van der Waals surface area contributed by atoms with Crippen molar-refractivity contribution in [3.63, 3.8) is 0 Å². The molecule has 0 spiro atoms. The van der Waals surface area contributed by atoms with Gasteiger partial charge in [-0.15, -0.1) is 0 Å². The number of anilines is 1. The lowest BCUT2D eigenvalue weighted by molar-refractivity contribution is -0.137. The summed E-state index contributed by atoms with van der Waals surface area (Å²) in [5.41, 5.74) is 0. The molecule has 2 saturated heterocycles. The van der Waals surface area contributed by atoms with E-state index in [4.69, 9.17) is 4.74 Å². The van der Waals surface area contributed by atoms with E-state index in [2.05, 4.69) is 14.3 Å². The standard InChI is InChI=1S/C13H20N4O2S/c1-10-14-13(20-15-10)17-5-3-2-4-11(17)12(18)16-6-8-19-9-7-16/h11H,2-9H2,1H3. The van der Waals surface area contributed by atoms with Gasteiger partial charge in [0.2, 0.25) is 11.0 Å². The van der Waals surface area contributed by atoms with Gasteiger partial charge in [0.05, 0.1) is 13.2 Å². The maximum atomic E-state index is 12.7. The molecule has 2 aliphatic heterocycles. The summed E-state index contributed by atoms with van der Waals surface area (Å²) in [5.74, 6) is 1.01. The van der Waals surface area contributed by atoms with E-state index >= 15 is 0 Å². The Hall–Kier alpha value is -1.21. The van der Waals surface area contributed by atoms with Gasteiger partial charge in [0.15, 0.2) is 0 Å². The zero-order chi connectivity index (χ0) is 13.9. The molecule has 1 atom stereocenters. The Kier molecular flexibility index (Phi) is 4.16. The summed E-state index contributed by atoms with van der Waals surface area (Å²) >= 11 is 1.39. The van der Waals surface area contributed by atoms with E-state index in [1.54, 1.807) is 0 Å². The topological polar surface area (TPSA) is 58.6 Å². The van der Waals surface area contributed by atoms with E-state index in [1.165, 1.54) is 11.5 Å². The summed E-state index contributed by atoms with van der Waals surface area (Å²) in [6.07, 6.45) is 3.13. The molecule has 2 fully saturated rings. The van der Waals surface area contributed by atoms with Crippen molar-refractivity contribution in [3.8, 4) is 0 Å². The first kappa shape index (κ1) is 13.8. The monoisotopic (exact) mass is 296 g/mol. The number of aromatic nitrogens is 2. The molecule has 0 aliphatic carbocycles. The van der Waals surface area contributed by atoms with Gasteiger partial charge in [0, 0.05) is 31.2 Å². The number of hydrogen-bond donors (Lipinski definition) is 0. The first-order valence-corrected chi connectivity index (χ1v) is 7.96. The third kappa shape index (κ3) is 2.78. The van der Waals surface area contributed by atoms with Crippen LogP contribution in [-0.2, 0) is 9.53 Å². The second-order valence-corrected chi connectivity index (χ2v) is 6.00. The third-order valence-corrected chi connectivity index (χ3v) is 4.72. The van der Waals surface area contributed by atoms with Gasteiger partial charge >= 0.3 is 0 Å². The predicted molar refractivity (Wildman–Crippen MR) is 77.0 cm³/mol. The van der Waals surface area contributed by atoms with E-state index < -0.39 is 0 Å². The molecule has 6 nitrogen and oxygen atoms in total. The number of ether oxygens (including phenoxy) is 1. The Labute approximate surface area is 122 Å². The molecule has 1 aromatic rings. The molecule has 0 saturated carbocycles. The van der Waals surface area contributed by atoms with Crippen LogP contribution < -0.4 is 4.90 Å². The molecule has 1 aromatic heterocycles. The number of nitrogens with zero attached hydrogens (tertiary/aromatic N) is 4. The van der Waals surface area contributed by atoms with E-state index in [9.17, 15) is 4.79 Å². The highest BCUT2D eigenvalue weighted by atomic mass is 32.1. The van der Waals surface area contributed by atoms with Crippen molar-refractivity contribution >= 4 is 22.6 Å². The van der Waals surface area contributed by atoms with Crippen molar-refractivity contribution in [3.05, 3.63) is 5.82 Å². The zero-order valence-electron chi connectivity index (χ0n) is 11.7. The van der Waals surface area contributed by atoms with Gasteiger partial charge in [-0.05, 0) is 26.2 Å². The molecule has 0 N–H and O–H groups in total. The van der Waals surface area contributed by atoms with Gasteiger partial charge in [0.25, 0.3) is 0 Å². The van der Waals surface area contributed by atoms with E-state index in [0.29, 0.717) is 26.3 Å². The Balaban J connectivity index is 1.76. The largest absolute Gasteiger partial charge is 0.378 e. The summed E-state index contributed by atoms with van der Waals surface area (Å²) < 4.78 is 9.57. The SMILES string of the molecule is Cc1nsc(N2CCCCC2C(=O)N2CCOCC2)n1.